The molecule has 0 aliphatic carbocycles. The van der Waals surface area contributed by atoms with Crippen molar-refractivity contribution in [3.8, 4) is 23.3 Å². The van der Waals surface area contributed by atoms with Crippen LogP contribution in [0.15, 0.2) is 36.4 Å². The highest BCUT2D eigenvalue weighted by atomic mass is 16.7. The molecule has 2 aromatic rings. The van der Waals surface area contributed by atoms with Gasteiger partial charge in [0.2, 0.25) is 0 Å². The highest BCUT2D eigenvalue weighted by Gasteiger charge is 2.18. The molecular formula is C22H24O5. The lowest BCUT2D eigenvalue weighted by Gasteiger charge is -2.13. The number of methoxy groups -OCH3 is 1. The molecule has 0 amide bonds. The quantitative estimate of drug-likeness (QED) is 0.421. The van der Waals surface area contributed by atoms with Crippen LogP contribution in [0.2, 0.25) is 0 Å². The molecule has 0 aromatic heterocycles. The second-order valence-corrected chi connectivity index (χ2v) is 5.65. The smallest absolute Gasteiger partial charge is 0.342 e. The normalized spacial score (nSPS) is 9.93. The van der Waals surface area contributed by atoms with E-state index >= 15 is 0 Å². The molecule has 142 valence electrons. The van der Waals surface area contributed by atoms with Gasteiger partial charge in [0.15, 0.2) is 6.79 Å². The molecule has 0 bridgehead atoms. The Morgan fingerprint density at radius 1 is 0.963 bits per heavy atom. The molecule has 27 heavy (non-hydrogen) atoms. The Morgan fingerprint density at radius 2 is 1.67 bits per heavy atom. The number of carbonyl (C=O) groups is 1. The standard InChI is InChI=1S/C22H24O5/c1-5-25-19-11-9-17(10-12-19)7-8-18-13-16(3)21(22(23)26-6-2)20(14-18)27-15-24-4/h9-14H,5-6,15H2,1-4H3. The molecule has 0 atom stereocenters. The first kappa shape index (κ1) is 20.3. The first-order valence-corrected chi connectivity index (χ1v) is 8.77. The molecule has 0 spiro atoms. The predicted octanol–water partition coefficient (Wildman–Crippen LogP) is 3.95. The van der Waals surface area contributed by atoms with Gasteiger partial charge in [-0.15, -0.1) is 0 Å². The van der Waals surface area contributed by atoms with Gasteiger partial charge in [-0.3, -0.25) is 0 Å². The largest absolute Gasteiger partial charge is 0.494 e. The summed E-state index contributed by atoms with van der Waals surface area (Å²) in [6, 6.07) is 11.1. The lowest BCUT2D eigenvalue weighted by atomic mass is 10.0. The van der Waals surface area contributed by atoms with Crippen molar-refractivity contribution in [1.82, 2.24) is 0 Å². The van der Waals surface area contributed by atoms with Gasteiger partial charge < -0.3 is 18.9 Å². The molecule has 0 saturated carbocycles. The molecule has 0 N–H and O–H groups in total. The maximum atomic E-state index is 12.2. The number of hydrogen-bond acceptors (Lipinski definition) is 5. The van der Waals surface area contributed by atoms with E-state index in [1.807, 2.05) is 44.2 Å². The minimum absolute atomic E-state index is 0.0294. The Morgan fingerprint density at radius 3 is 2.30 bits per heavy atom. The number of rotatable bonds is 7. The lowest BCUT2D eigenvalue weighted by molar-refractivity contribution is 0.0437. The fraction of sp³-hybridized carbons (Fsp3) is 0.318. The second-order valence-electron chi connectivity index (χ2n) is 5.65. The lowest BCUT2D eigenvalue weighted by Crippen LogP contribution is -2.11. The summed E-state index contributed by atoms with van der Waals surface area (Å²) in [5.41, 5.74) is 2.73. The molecule has 0 unspecified atom stereocenters. The molecular weight excluding hydrogens is 344 g/mol. The predicted molar refractivity (Wildman–Crippen MR) is 103 cm³/mol. The third-order valence-electron chi connectivity index (χ3n) is 3.63. The summed E-state index contributed by atoms with van der Waals surface area (Å²) < 4.78 is 21.1. The van der Waals surface area contributed by atoms with Gasteiger partial charge in [0.1, 0.15) is 17.1 Å². The highest BCUT2D eigenvalue weighted by Crippen LogP contribution is 2.25. The van der Waals surface area contributed by atoms with Crippen molar-refractivity contribution in [3.63, 3.8) is 0 Å². The van der Waals surface area contributed by atoms with Crippen molar-refractivity contribution >= 4 is 5.97 Å². The van der Waals surface area contributed by atoms with E-state index < -0.39 is 5.97 Å². The molecule has 0 radical (unpaired) electrons. The van der Waals surface area contributed by atoms with Crippen LogP contribution in [-0.4, -0.2) is 33.1 Å². The Labute approximate surface area is 160 Å². The molecule has 0 heterocycles. The van der Waals surface area contributed by atoms with E-state index in [-0.39, 0.29) is 6.79 Å². The maximum Gasteiger partial charge on any atom is 0.342 e. The molecule has 2 rings (SSSR count). The molecule has 0 saturated heterocycles. The zero-order valence-electron chi connectivity index (χ0n) is 16.1. The van der Waals surface area contributed by atoms with Crippen LogP contribution in [0.5, 0.6) is 11.5 Å². The van der Waals surface area contributed by atoms with E-state index in [2.05, 4.69) is 11.8 Å². The van der Waals surface area contributed by atoms with Crippen LogP contribution in [0, 0.1) is 18.8 Å². The highest BCUT2D eigenvalue weighted by molar-refractivity contribution is 5.94. The van der Waals surface area contributed by atoms with E-state index in [9.17, 15) is 4.79 Å². The van der Waals surface area contributed by atoms with E-state index in [1.165, 1.54) is 7.11 Å². The number of benzene rings is 2. The van der Waals surface area contributed by atoms with Crippen LogP contribution >= 0.6 is 0 Å². The SMILES string of the molecule is CCOC(=O)c1c(C)cc(C#Cc2ccc(OCC)cc2)cc1OCOC. The summed E-state index contributed by atoms with van der Waals surface area (Å²) in [5, 5.41) is 0. The van der Waals surface area contributed by atoms with E-state index in [0.717, 1.165) is 22.4 Å². The van der Waals surface area contributed by atoms with Crippen LogP contribution < -0.4 is 9.47 Å². The zero-order chi connectivity index (χ0) is 19.6. The summed E-state index contributed by atoms with van der Waals surface area (Å²) in [4.78, 5) is 12.2. The maximum absolute atomic E-state index is 12.2. The summed E-state index contributed by atoms with van der Waals surface area (Å²) >= 11 is 0. The number of aryl methyl sites for hydroxylation is 1. The van der Waals surface area contributed by atoms with Crippen molar-refractivity contribution in [2.45, 2.75) is 20.8 Å². The Balaban J connectivity index is 2.32. The number of hydrogen-bond donors (Lipinski definition) is 0. The third kappa shape index (κ3) is 5.77. The van der Waals surface area contributed by atoms with Crippen LogP contribution in [0.3, 0.4) is 0 Å². The summed E-state index contributed by atoms with van der Waals surface area (Å²) in [7, 11) is 1.52. The first-order chi connectivity index (χ1) is 13.1. The minimum atomic E-state index is -0.424. The van der Waals surface area contributed by atoms with Crippen molar-refractivity contribution in [1.29, 1.82) is 0 Å². The molecule has 2 aromatic carbocycles. The Bertz CT molecular complexity index is 828. The van der Waals surface area contributed by atoms with Crippen molar-refractivity contribution in [2.24, 2.45) is 0 Å². The number of ether oxygens (including phenoxy) is 4. The number of esters is 1. The Kier molecular flexibility index (Phi) is 7.72. The van der Waals surface area contributed by atoms with Gasteiger partial charge >= 0.3 is 5.97 Å². The average Bonchev–Trinajstić information content (AvgIpc) is 2.66. The average molecular weight is 368 g/mol. The van der Waals surface area contributed by atoms with Gasteiger partial charge in [-0.1, -0.05) is 11.8 Å². The van der Waals surface area contributed by atoms with E-state index in [0.29, 0.717) is 24.5 Å². The van der Waals surface area contributed by atoms with Gasteiger partial charge in [-0.25, -0.2) is 4.79 Å². The van der Waals surface area contributed by atoms with Gasteiger partial charge in [0, 0.05) is 18.2 Å². The van der Waals surface area contributed by atoms with Crippen molar-refractivity contribution in [2.75, 3.05) is 27.1 Å². The molecule has 5 heteroatoms. The minimum Gasteiger partial charge on any atom is -0.494 e. The van der Waals surface area contributed by atoms with Crippen molar-refractivity contribution in [3.05, 3.63) is 58.7 Å². The van der Waals surface area contributed by atoms with Crippen LogP contribution in [-0.2, 0) is 9.47 Å². The topological polar surface area (TPSA) is 54.0 Å². The van der Waals surface area contributed by atoms with Crippen LogP contribution in [0.25, 0.3) is 0 Å². The van der Waals surface area contributed by atoms with Gasteiger partial charge in [-0.2, -0.15) is 0 Å². The molecule has 0 aliphatic rings. The fourth-order valence-corrected chi connectivity index (χ4v) is 2.47. The molecule has 0 aliphatic heterocycles. The van der Waals surface area contributed by atoms with Crippen LogP contribution in [0.4, 0.5) is 0 Å². The zero-order valence-corrected chi connectivity index (χ0v) is 16.1. The van der Waals surface area contributed by atoms with Crippen molar-refractivity contribution < 1.29 is 23.7 Å². The monoisotopic (exact) mass is 368 g/mol. The summed E-state index contributed by atoms with van der Waals surface area (Å²) in [5.74, 6) is 6.99. The second kappa shape index (κ2) is 10.2. The van der Waals surface area contributed by atoms with E-state index in [1.54, 1.807) is 13.0 Å². The molecule has 5 nitrogen and oxygen atoms in total. The Hall–Kier alpha value is -2.97. The van der Waals surface area contributed by atoms with Crippen LogP contribution in [0.1, 0.15) is 40.9 Å². The summed E-state index contributed by atoms with van der Waals surface area (Å²) in [6.07, 6.45) is 0. The first-order valence-electron chi connectivity index (χ1n) is 8.77. The number of carbonyl (C=O) groups excluding carboxylic acids is 1. The third-order valence-corrected chi connectivity index (χ3v) is 3.63. The van der Waals surface area contributed by atoms with Gasteiger partial charge in [0.25, 0.3) is 0 Å². The van der Waals surface area contributed by atoms with Gasteiger partial charge in [0.05, 0.1) is 13.2 Å². The summed E-state index contributed by atoms with van der Waals surface area (Å²) in [6.45, 7) is 6.48. The molecule has 0 fully saturated rings. The fourth-order valence-electron chi connectivity index (χ4n) is 2.47. The van der Waals surface area contributed by atoms with Gasteiger partial charge in [-0.05, 0) is 62.7 Å². The van der Waals surface area contributed by atoms with E-state index in [4.69, 9.17) is 18.9 Å².